The minimum atomic E-state index is -1.01. The molecule has 0 aliphatic carbocycles. The highest BCUT2D eigenvalue weighted by Crippen LogP contribution is 2.29. The van der Waals surface area contributed by atoms with Crippen LogP contribution in [-0.4, -0.2) is 40.7 Å². The van der Waals surface area contributed by atoms with Gasteiger partial charge in [-0.2, -0.15) is 0 Å². The SMILES string of the molecule is O=C(O)N1CCNCC1c1ncccc1OCc1ccc(Cl)cc1F. The van der Waals surface area contributed by atoms with Gasteiger partial charge in [-0.25, -0.2) is 9.18 Å². The summed E-state index contributed by atoms with van der Waals surface area (Å²) in [5, 5.41) is 12.9. The maximum Gasteiger partial charge on any atom is 0.407 e. The molecule has 1 aromatic carbocycles. The van der Waals surface area contributed by atoms with E-state index in [2.05, 4.69) is 10.3 Å². The lowest BCUT2D eigenvalue weighted by atomic mass is 10.1. The van der Waals surface area contributed by atoms with Crippen LogP contribution in [0.5, 0.6) is 5.75 Å². The molecule has 1 aliphatic rings. The lowest BCUT2D eigenvalue weighted by Gasteiger charge is -2.34. The molecule has 1 aliphatic heterocycles. The summed E-state index contributed by atoms with van der Waals surface area (Å²) in [6, 6.07) is 7.30. The van der Waals surface area contributed by atoms with Crippen molar-refractivity contribution < 1.29 is 19.0 Å². The van der Waals surface area contributed by atoms with Crippen LogP contribution in [0.4, 0.5) is 9.18 Å². The van der Waals surface area contributed by atoms with Gasteiger partial charge in [-0.05, 0) is 24.3 Å². The lowest BCUT2D eigenvalue weighted by molar-refractivity contribution is 0.109. The summed E-state index contributed by atoms with van der Waals surface area (Å²) in [7, 11) is 0. The molecule has 6 nitrogen and oxygen atoms in total. The molecule has 1 aromatic heterocycles. The number of carboxylic acid groups (broad SMARTS) is 1. The Kier molecular flexibility index (Phi) is 5.35. The largest absolute Gasteiger partial charge is 0.487 e. The molecular weight excluding hydrogens is 349 g/mol. The maximum atomic E-state index is 13.9. The minimum absolute atomic E-state index is 0.00504. The maximum absolute atomic E-state index is 13.9. The third-order valence-corrected chi connectivity index (χ3v) is 4.24. The number of halogens is 2. The molecule has 2 heterocycles. The Labute approximate surface area is 149 Å². The Bertz CT molecular complexity index is 775. The molecule has 8 heteroatoms. The molecule has 1 fully saturated rings. The van der Waals surface area contributed by atoms with Crippen molar-refractivity contribution in [1.29, 1.82) is 0 Å². The van der Waals surface area contributed by atoms with E-state index < -0.39 is 18.0 Å². The molecule has 0 radical (unpaired) electrons. The highest BCUT2D eigenvalue weighted by atomic mass is 35.5. The fourth-order valence-electron chi connectivity index (χ4n) is 2.75. The van der Waals surface area contributed by atoms with Crippen LogP contribution in [-0.2, 0) is 6.61 Å². The van der Waals surface area contributed by atoms with Crippen LogP contribution in [0.1, 0.15) is 17.3 Å². The summed E-state index contributed by atoms with van der Waals surface area (Å²) >= 11 is 5.75. The molecule has 0 bridgehead atoms. The van der Waals surface area contributed by atoms with Gasteiger partial charge in [0.2, 0.25) is 0 Å². The van der Waals surface area contributed by atoms with E-state index in [1.807, 2.05) is 0 Å². The van der Waals surface area contributed by atoms with E-state index in [9.17, 15) is 14.3 Å². The van der Waals surface area contributed by atoms with E-state index in [1.165, 1.54) is 11.0 Å². The topological polar surface area (TPSA) is 74.7 Å². The third-order valence-electron chi connectivity index (χ3n) is 4.00. The number of hydrogen-bond acceptors (Lipinski definition) is 4. The second kappa shape index (κ2) is 7.67. The predicted molar refractivity (Wildman–Crippen MR) is 90.3 cm³/mol. The van der Waals surface area contributed by atoms with Crippen LogP contribution in [0.25, 0.3) is 0 Å². The highest BCUT2D eigenvalue weighted by Gasteiger charge is 2.30. The molecule has 1 unspecified atom stereocenters. The zero-order valence-electron chi connectivity index (χ0n) is 13.3. The van der Waals surface area contributed by atoms with Crippen molar-refractivity contribution in [2.24, 2.45) is 0 Å². The van der Waals surface area contributed by atoms with E-state index >= 15 is 0 Å². The number of aromatic nitrogens is 1. The normalized spacial score (nSPS) is 17.4. The fraction of sp³-hybridized carbons (Fsp3) is 0.294. The van der Waals surface area contributed by atoms with Crippen molar-refractivity contribution in [1.82, 2.24) is 15.2 Å². The van der Waals surface area contributed by atoms with Crippen LogP contribution in [0, 0.1) is 5.82 Å². The number of benzene rings is 1. The second-order valence-corrected chi connectivity index (χ2v) is 6.04. The monoisotopic (exact) mass is 365 g/mol. The van der Waals surface area contributed by atoms with Gasteiger partial charge in [0.05, 0.1) is 6.04 Å². The van der Waals surface area contributed by atoms with Crippen LogP contribution >= 0.6 is 11.6 Å². The average Bonchev–Trinajstić information content (AvgIpc) is 2.61. The van der Waals surface area contributed by atoms with Crippen LogP contribution in [0.2, 0.25) is 5.02 Å². The molecule has 132 valence electrons. The quantitative estimate of drug-likeness (QED) is 0.871. The average molecular weight is 366 g/mol. The molecule has 0 spiro atoms. The van der Waals surface area contributed by atoms with E-state index in [4.69, 9.17) is 16.3 Å². The molecule has 2 N–H and O–H groups in total. The van der Waals surface area contributed by atoms with Crippen molar-refractivity contribution in [2.45, 2.75) is 12.6 Å². The second-order valence-electron chi connectivity index (χ2n) is 5.61. The van der Waals surface area contributed by atoms with E-state index in [1.54, 1.807) is 30.5 Å². The number of nitrogens with zero attached hydrogens (tertiary/aromatic N) is 2. The van der Waals surface area contributed by atoms with E-state index in [0.29, 0.717) is 41.7 Å². The Morgan fingerprint density at radius 1 is 1.48 bits per heavy atom. The molecule has 0 saturated carbocycles. The Hall–Kier alpha value is -2.38. The van der Waals surface area contributed by atoms with Crippen molar-refractivity contribution in [3.05, 3.63) is 58.6 Å². The zero-order valence-corrected chi connectivity index (χ0v) is 14.0. The number of nitrogens with one attached hydrogen (secondary N) is 1. The Morgan fingerprint density at radius 3 is 3.08 bits per heavy atom. The number of carbonyl (C=O) groups is 1. The number of ether oxygens (including phenoxy) is 1. The summed E-state index contributed by atoms with van der Waals surface area (Å²) < 4.78 is 19.6. The minimum Gasteiger partial charge on any atom is -0.487 e. The highest BCUT2D eigenvalue weighted by molar-refractivity contribution is 6.30. The smallest absolute Gasteiger partial charge is 0.407 e. The summed E-state index contributed by atoms with van der Waals surface area (Å²) in [5.41, 5.74) is 0.863. The predicted octanol–water partition coefficient (Wildman–Crippen LogP) is 3.08. The first kappa shape index (κ1) is 17.4. The number of piperazine rings is 1. The summed E-state index contributed by atoms with van der Waals surface area (Å²) in [4.78, 5) is 17.1. The lowest BCUT2D eigenvalue weighted by Crippen LogP contribution is -2.48. The standard InChI is InChI=1S/C17H17ClFN3O3/c18-12-4-3-11(13(19)8-12)10-25-15-2-1-5-21-16(15)14-9-20-6-7-22(14)17(23)24/h1-5,8,14,20H,6-7,9-10H2,(H,23,24). The molecule has 25 heavy (non-hydrogen) atoms. The van der Waals surface area contributed by atoms with Crippen molar-refractivity contribution in [3.63, 3.8) is 0 Å². The first-order valence-corrected chi connectivity index (χ1v) is 8.16. The fourth-order valence-corrected chi connectivity index (χ4v) is 2.91. The third kappa shape index (κ3) is 4.00. The number of hydrogen-bond donors (Lipinski definition) is 2. The van der Waals surface area contributed by atoms with Gasteiger partial charge in [0, 0.05) is 36.4 Å². The van der Waals surface area contributed by atoms with Crippen molar-refractivity contribution in [2.75, 3.05) is 19.6 Å². The first-order valence-electron chi connectivity index (χ1n) is 7.78. The molecule has 2 aromatic rings. The summed E-state index contributed by atoms with van der Waals surface area (Å²) in [5.74, 6) is -0.0266. The van der Waals surface area contributed by atoms with Gasteiger partial charge < -0.3 is 15.2 Å². The molecule has 3 rings (SSSR count). The summed E-state index contributed by atoms with van der Waals surface area (Å²) in [6.07, 6.45) is 0.575. The van der Waals surface area contributed by atoms with Gasteiger partial charge in [0.15, 0.2) is 0 Å². The first-order chi connectivity index (χ1) is 12.1. The van der Waals surface area contributed by atoms with Gasteiger partial charge in [0.1, 0.15) is 23.9 Å². The van der Waals surface area contributed by atoms with E-state index in [-0.39, 0.29) is 6.61 Å². The number of rotatable bonds is 4. The van der Waals surface area contributed by atoms with Crippen molar-refractivity contribution in [3.8, 4) is 5.75 Å². The zero-order chi connectivity index (χ0) is 17.8. The van der Waals surface area contributed by atoms with Crippen LogP contribution in [0.15, 0.2) is 36.5 Å². The molecule has 1 amide bonds. The van der Waals surface area contributed by atoms with Gasteiger partial charge >= 0.3 is 6.09 Å². The molecular formula is C17H17ClFN3O3. The molecule has 1 atom stereocenters. The summed E-state index contributed by atoms with van der Waals surface area (Å²) in [6.45, 7) is 1.38. The Morgan fingerprint density at radius 2 is 2.32 bits per heavy atom. The Balaban J connectivity index is 1.82. The number of pyridine rings is 1. The van der Waals surface area contributed by atoms with Crippen LogP contribution < -0.4 is 10.1 Å². The molecule has 1 saturated heterocycles. The van der Waals surface area contributed by atoms with Gasteiger partial charge in [0.25, 0.3) is 0 Å². The van der Waals surface area contributed by atoms with Gasteiger partial charge in [-0.1, -0.05) is 17.7 Å². The van der Waals surface area contributed by atoms with E-state index in [0.717, 1.165) is 0 Å². The van der Waals surface area contributed by atoms with Gasteiger partial charge in [-0.15, -0.1) is 0 Å². The van der Waals surface area contributed by atoms with Crippen LogP contribution in [0.3, 0.4) is 0 Å². The van der Waals surface area contributed by atoms with Gasteiger partial charge in [-0.3, -0.25) is 9.88 Å². The van der Waals surface area contributed by atoms with Crippen molar-refractivity contribution >= 4 is 17.7 Å². The number of amides is 1.